The third kappa shape index (κ3) is 8.65. The minimum Gasteiger partial charge on any atom is -0.270 e. The van der Waals surface area contributed by atoms with E-state index in [0.29, 0.717) is 0 Å². The van der Waals surface area contributed by atoms with Crippen molar-refractivity contribution in [2.75, 3.05) is 40.3 Å². The van der Waals surface area contributed by atoms with Crippen LogP contribution in [-0.2, 0) is 0 Å². The van der Waals surface area contributed by atoms with Crippen molar-refractivity contribution in [2.45, 2.75) is 79.1 Å². The molecule has 0 unspecified atom stereocenters. The van der Waals surface area contributed by atoms with Gasteiger partial charge in [0.2, 0.25) is 0 Å². The van der Waals surface area contributed by atoms with E-state index in [-0.39, 0.29) is 0 Å². The van der Waals surface area contributed by atoms with Gasteiger partial charge >= 0.3 is 5.96 Å². The van der Waals surface area contributed by atoms with Crippen molar-refractivity contribution in [1.82, 2.24) is 9.80 Å². The summed E-state index contributed by atoms with van der Waals surface area (Å²) in [6.45, 7) is 13.9. The molecule has 132 valence electrons. The molecule has 3 heteroatoms. The summed E-state index contributed by atoms with van der Waals surface area (Å²) in [5.41, 5.74) is 0. The van der Waals surface area contributed by atoms with Crippen molar-refractivity contribution < 1.29 is 4.58 Å². The zero-order valence-electron chi connectivity index (χ0n) is 16.3. The number of unbranched alkanes of at least 4 members (excludes halogenated alkanes) is 4. The number of rotatable bonds is 12. The SMILES string of the molecule is CCCCN(CCCC)C(N(CCCC)CCCC)=[N+](C)C. The van der Waals surface area contributed by atoms with Crippen LogP contribution in [0.25, 0.3) is 0 Å². The van der Waals surface area contributed by atoms with Crippen LogP contribution in [0.4, 0.5) is 0 Å². The molecule has 0 saturated carbocycles. The summed E-state index contributed by atoms with van der Waals surface area (Å²) >= 11 is 0. The predicted octanol–water partition coefficient (Wildman–Crippen LogP) is 4.42. The Hall–Kier alpha value is -0.730. The molecule has 0 bridgehead atoms. The molecule has 0 aliphatic rings. The van der Waals surface area contributed by atoms with Crippen molar-refractivity contribution in [1.29, 1.82) is 0 Å². The number of hydrogen-bond acceptors (Lipinski definition) is 0. The quantitative estimate of drug-likeness (QED) is 0.300. The Labute approximate surface area is 140 Å². The Balaban J connectivity index is 5.13. The van der Waals surface area contributed by atoms with Gasteiger partial charge in [0.1, 0.15) is 0 Å². The van der Waals surface area contributed by atoms with Gasteiger partial charge in [0.05, 0.1) is 40.3 Å². The second-order valence-electron chi connectivity index (χ2n) is 6.58. The van der Waals surface area contributed by atoms with Crippen LogP contribution in [0.3, 0.4) is 0 Å². The Kier molecular flexibility index (Phi) is 13.4. The fourth-order valence-electron chi connectivity index (χ4n) is 2.79. The summed E-state index contributed by atoms with van der Waals surface area (Å²) in [6, 6.07) is 0. The highest BCUT2D eigenvalue weighted by Gasteiger charge is 2.26. The van der Waals surface area contributed by atoms with E-state index in [9.17, 15) is 0 Å². The normalized spacial score (nSPS) is 10.6. The molecule has 0 aliphatic carbocycles. The van der Waals surface area contributed by atoms with Crippen LogP contribution in [0.15, 0.2) is 0 Å². The molecule has 22 heavy (non-hydrogen) atoms. The molecule has 0 spiro atoms. The highest BCUT2D eigenvalue weighted by Crippen LogP contribution is 2.08. The second kappa shape index (κ2) is 13.9. The molecule has 0 heterocycles. The van der Waals surface area contributed by atoms with Crippen LogP contribution < -0.4 is 0 Å². The summed E-state index contributed by atoms with van der Waals surface area (Å²) in [4.78, 5) is 5.27. The minimum absolute atomic E-state index is 1.19. The lowest BCUT2D eigenvalue weighted by Gasteiger charge is -2.29. The highest BCUT2D eigenvalue weighted by molar-refractivity contribution is 5.75. The molecule has 0 rings (SSSR count). The summed E-state index contributed by atoms with van der Waals surface area (Å²) in [5.74, 6) is 1.45. The molecule has 0 aromatic rings. The van der Waals surface area contributed by atoms with Crippen LogP contribution in [0.5, 0.6) is 0 Å². The van der Waals surface area contributed by atoms with Gasteiger partial charge in [-0.25, -0.2) is 0 Å². The lowest BCUT2D eigenvalue weighted by atomic mass is 10.2. The van der Waals surface area contributed by atoms with Crippen LogP contribution in [0, 0.1) is 0 Å². The van der Waals surface area contributed by atoms with Gasteiger partial charge in [-0.2, -0.15) is 0 Å². The maximum atomic E-state index is 2.64. The van der Waals surface area contributed by atoms with Crippen molar-refractivity contribution in [3.05, 3.63) is 0 Å². The molecular weight excluding hydrogens is 270 g/mol. The topological polar surface area (TPSA) is 9.49 Å². The van der Waals surface area contributed by atoms with E-state index in [1.807, 2.05) is 0 Å². The molecule has 0 aromatic carbocycles. The monoisotopic (exact) mass is 312 g/mol. The van der Waals surface area contributed by atoms with Crippen molar-refractivity contribution >= 4 is 5.96 Å². The smallest absolute Gasteiger partial charge is 0.270 e. The van der Waals surface area contributed by atoms with Gasteiger partial charge in [-0.3, -0.25) is 14.4 Å². The summed E-state index contributed by atoms with van der Waals surface area (Å²) in [7, 11) is 4.43. The van der Waals surface area contributed by atoms with E-state index in [1.165, 1.54) is 83.5 Å². The predicted molar refractivity (Wildman–Crippen MR) is 99.9 cm³/mol. The lowest BCUT2D eigenvalue weighted by Crippen LogP contribution is -2.50. The zero-order valence-corrected chi connectivity index (χ0v) is 16.3. The van der Waals surface area contributed by atoms with Crippen molar-refractivity contribution in [3.63, 3.8) is 0 Å². The van der Waals surface area contributed by atoms with E-state index in [2.05, 4.69) is 56.2 Å². The van der Waals surface area contributed by atoms with Gasteiger partial charge in [0.25, 0.3) is 0 Å². The summed E-state index contributed by atoms with van der Waals surface area (Å²) in [5, 5.41) is 0. The fraction of sp³-hybridized carbons (Fsp3) is 0.947. The van der Waals surface area contributed by atoms with E-state index in [0.717, 1.165) is 0 Å². The van der Waals surface area contributed by atoms with Crippen molar-refractivity contribution in [2.24, 2.45) is 0 Å². The Morgan fingerprint density at radius 1 is 0.591 bits per heavy atom. The van der Waals surface area contributed by atoms with E-state index in [4.69, 9.17) is 0 Å². The minimum atomic E-state index is 1.19. The molecular formula is C19H42N3+. The molecule has 0 aromatic heterocycles. The third-order valence-electron chi connectivity index (χ3n) is 4.09. The van der Waals surface area contributed by atoms with Gasteiger partial charge in [0.15, 0.2) is 0 Å². The molecule has 0 fully saturated rings. The largest absolute Gasteiger partial charge is 0.350 e. The average Bonchev–Trinajstić information content (AvgIpc) is 2.51. The molecule has 0 atom stereocenters. The molecule has 0 N–H and O–H groups in total. The van der Waals surface area contributed by atoms with Crippen LogP contribution in [0.2, 0.25) is 0 Å². The first-order valence-electron chi connectivity index (χ1n) is 9.66. The fourth-order valence-corrected chi connectivity index (χ4v) is 2.79. The highest BCUT2D eigenvalue weighted by atomic mass is 15.4. The second-order valence-corrected chi connectivity index (χ2v) is 6.58. The maximum Gasteiger partial charge on any atom is 0.350 e. The first kappa shape index (κ1) is 21.3. The Morgan fingerprint density at radius 3 is 1.05 bits per heavy atom. The zero-order chi connectivity index (χ0) is 16.8. The molecule has 0 radical (unpaired) electrons. The van der Waals surface area contributed by atoms with Crippen LogP contribution in [-0.4, -0.2) is 60.6 Å². The van der Waals surface area contributed by atoms with Gasteiger partial charge in [-0.15, -0.1) is 0 Å². The van der Waals surface area contributed by atoms with E-state index in [1.54, 1.807) is 0 Å². The average molecular weight is 313 g/mol. The Bertz CT molecular complexity index is 244. The number of hydrogen-bond donors (Lipinski definition) is 0. The molecule has 3 nitrogen and oxygen atoms in total. The summed E-state index contributed by atoms with van der Waals surface area (Å²) < 4.78 is 2.34. The van der Waals surface area contributed by atoms with Gasteiger partial charge < -0.3 is 0 Å². The van der Waals surface area contributed by atoms with Gasteiger partial charge in [-0.05, 0) is 25.7 Å². The molecule has 0 aliphatic heterocycles. The van der Waals surface area contributed by atoms with Crippen LogP contribution in [0.1, 0.15) is 79.1 Å². The number of guanidine groups is 1. The van der Waals surface area contributed by atoms with Crippen molar-refractivity contribution in [3.8, 4) is 0 Å². The van der Waals surface area contributed by atoms with Gasteiger partial charge in [0, 0.05) is 0 Å². The lowest BCUT2D eigenvalue weighted by molar-refractivity contribution is -0.476. The third-order valence-corrected chi connectivity index (χ3v) is 4.09. The standard InChI is InChI=1S/C19H42N3/c1-7-11-15-21(16-12-8-2)19(20(5)6)22(17-13-9-3)18-14-10-4/h7-18H2,1-6H3/q+1. The first-order chi connectivity index (χ1) is 10.6. The maximum absolute atomic E-state index is 2.64. The molecule has 0 saturated heterocycles. The van der Waals surface area contributed by atoms with E-state index >= 15 is 0 Å². The van der Waals surface area contributed by atoms with E-state index < -0.39 is 0 Å². The molecule has 0 amide bonds. The number of nitrogens with zero attached hydrogens (tertiary/aromatic N) is 3. The van der Waals surface area contributed by atoms with Crippen LogP contribution >= 0.6 is 0 Å². The van der Waals surface area contributed by atoms with Gasteiger partial charge in [-0.1, -0.05) is 53.4 Å². The summed E-state index contributed by atoms with van der Waals surface area (Å²) in [6.07, 6.45) is 10.2. The Morgan fingerprint density at radius 2 is 0.864 bits per heavy atom. The first-order valence-corrected chi connectivity index (χ1v) is 9.66.